The molecule has 274 valence electrons. The zero-order chi connectivity index (χ0) is 33.6. The Hall–Kier alpha value is -0.0400. The Bertz CT molecular complexity index is 1110. The zero-order valence-electron chi connectivity index (χ0n) is 33.4. The highest BCUT2D eigenvalue weighted by Gasteiger charge is 2.59. The minimum Gasteiger partial charge on any atom is -0.311 e. The Morgan fingerprint density at radius 3 is 1.90 bits per heavy atom. The van der Waals surface area contributed by atoms with E-state index in [2.05, 4.69) is 60.7 Å². The van der Waals surface area contributed by atoms with E-state index < -0.39 is 0 Å². The molecule has 0 aromatic heterocycles. The van der Waals surface area contributed by atoms with Gasteiger partial charge in [0.2, 0.25) is 0 Å². The van der Waals surface area contributed by atoms with E-state index >= 15 is 0 Å². The second-order valence-electron chi connectivity index (χ2n) is 23.0. The minimum absolute atomic E-state index is 0.485. The summed E-state index contributed by atoms with van der Waals surface area (Å²) >= 11 is 0. The van der Waals surface area contributed by atoms with Crippen LogP contribution in [-0.4, -0.2) is 12.1 Å². The van der Waals surface area contributed by atoms with Crippen LogP contribution in [0.15, 0.2) is 0 Å². The molecule has 1 heteroatoms. The summed E-state index contributed by atoms with van der Waals surface area (Å²) in [7, 11) is 0. The van der Waals surface area contributed by atoms with Gasteiger partial charge in [0.15, 0.2) is 0 Å². The summed E-state index contributed by atoms with van der Waals surface area (Å²) in [5.74, 6) is 13.9. The van der Waals surface area contributed by atoms with Crippen molar-refractivity contribution < 1.29 is 0 Å². The van der Waals surface area contributed by atoms with Crippen molar-refractivity contribution in [2.24, 2.45) is 99.1 Å². The molecule has 15 atom stereocenters. The van der Waals surface area contributed by atoms with E-state index in [4.69, 9.17) is 0 Å². The van der Waals surface area contributed by atoms with E-state index in [0.717, 1.165) is 94.9 Å². The monoisotopic (exact) mass is 660 g/mol. The molecule has 8 saturated carbocycles. The first-order valence-corrected chi connectivity index (χ1v) is 22.6. The molecule has 8 aliphatic rings. The topological polar surface area (TPSA) is 12.0 Å². The van der Waals surface area contributed by atoms with Gasteiger partial charge in [-0.15, -0.1) is 0 Å². The van der Waals surface area contributed by atoms with Gasteiger partial charge < -0.3 is 5.32 Å². The molecule has 0 bridgehead atoms. The average Bonchev–Trinajstić information content (AvgIpc) is 3.83. The third-order valence-corrected chi connectivity index (χ3v) is 19.2. The first-order chi connectivity index (χ1) is 22.8. The van der Waals surface area contributed by atoms with Gasteiger partial charge in [-0.05, 0) is 202 Å². The molecule has 0 aliphatic heterocycles. The summed E-state index contributed by atoms with van der Waals surface area (Å²) in [6.45, 7) is 21.3. The van der Waals surface area contributed by atoms with Gasteiger partial charge >= 0.3 is 0 Å². The molecule has 48 heavy (non-hydrogen) atoms. The summed E-state index contributed by atoms with van der Waals surface area (Å²) < 4.78 is 0. The second kappa shape index (κ2) is 13.1. The van der Waals surface area contributed by atoms with Crippen LogP contribution < -0.4 is 5.32 Å². The molecule has 8 fully saturated rings. The zero-order valence-corrected chi connectivity index (χ0v) is 33.4. The molecule has 0 spiro atoms. The third-order valence-electron chi connectivity index (χ3n) is 19.2. The molecule has 0 heterocycles. The minimum atomic E-state index is 0.485. The second-order valence-corrected chi connectivity index (χ2v) is 23.0. The summed E-state index contributed by atoms with van der Waals surface area (Å²) in [6.07, 6.45) is 30.5. The van der Waals surface area contributed by atoms with E-state index in [0.29, 0.717) is 16.2 Å². The quantitative estimate of drug-likeness (QED) is 0.273. The molecule has 8 rings (SSSR count). The van der Waals surface area contributed by atoms with E-state index in [9.17, 15) is 0 Å². The van der Waals surface area contributed by atoms with E-state index in [1.54, 1.807) is 51.4 Å². The predicted octanol–water partition coefficient (Wildman–Crippen LogP) is 13.0. The molecule has 1 N–H and O–H groups in total. The van der Waals surface area contributed by atoms with Gasteiger partial charge in [-0.25, -0.2) is 0 Å². The van der Waals surface area contributed by atoms with Crippen LogP contribution >= 0.6 is 0 Å². The first kappa shape index (κ1) is 35.0. The molecule has 0 aromatic rings. The van der Waals surface area contributed by atoms with Gasteiger partial charge in [-0.3, -0.25) is 0 Å². The van der Waals surface area contributed by atoms with Crippen molar-refractivity contribution >= 4 is 0 Å². The maximum absolute atomic E-state index is 4.54. The van der Waals surface area contributed by atoms with E-state index in [1.165, 1.54) is 77.0 Å². The third kappa shape index (κ3) is 6.14. The number of hydrogen-bond acceptors (Lipinski definition) is 1. The molecule has 15 unspecified atom stereocenters. The fourth-order valence-corrected chi connectivity index (χ4v) is 17.1. The molecular formula is C47H81N. The van der Waals surface area contributed by atoms with Crippen LogP contribution in [-0.2, 0) is 0 Å². The number of nitrogens with one attached hydrogen (secondary N) is 1. The highest BCUT2D eigenvalue weighted by Crippen LogP contribution is 2.67. The lowest BCUT2D eigenvalue weighted by Gasteiger charge is -2.57. The SMILES string of the molecule is CC(C)C1CCC(C2CCCC2NC2CCCC2C2CCC3CC(C)(C)C3C2)CC1C(C)(C)CC1CC2C3CCCCC3C(C)(C)C2C1. The number of rotatable bonds is 8. The van der Waals surface area contributed by atoms with Crippen molar-refractivity contribution in [3.63, 3.8) is 0 Å². The molecule has 0 aromatic carbocycles. The molecule has 0 amide bonds. The normalized spacial score (nSPS) is 49.8. The number of fused-ring (bicyclic) bond motifs is 4. The highest BCUT2D eigenvalue weighted by atomic mass is 15.0. The Kier molecular flexibility index (Phi) is 9.57. The Labute approximate surface area is 299 Å². The fraction of sp³-hybridized carbons (Fsp3) is 1.00. The summed E-state index contributed by atoms with van der Waals surface area (Å²) in [4.78, 5) is 0. The maximum Gasteiger partial charge on any atom is 0.0101 e. The molecular weight excluding hydrogens is 579 g/mol. The van der Waals surface area contributed by atoms with Crippen LogP contribution in [0.4, 0.5) is 0 Å². The van der Waals surface area contributed by atoms with Crippen molar-refractivity contribution in [1.82, 2.24) is 5.32 Å². The Morgan fingerprint density at radius 2 is 1.21 bits per heavy atom. The first-order valence-electron chi connectivity index (χ1n) is 22.6. The summed E-state index contributed by atoms with van der Waals surface area (Å²) in [5.41, 5.74) is 1.71. The predicted molar refractivity (Wildman–Crippen MR) is 205 cm³/mol. The van der Waals surface area contributed by atoms with Crippen LogP contribution in [0.25, 0.3) is 0 Å². The Balaban J connectivity index is 0.919. The van der Waals surface area contributed by atoms with Crippen LogP contribution in [0.3, 0.4) is 0 Å². The van der Waals surface area contributed by atoms with Gasteiger partial charge in [-0.2, -0.15) is 0 Å². The van der Waals surface area contributed by atoms with Crippen LogP contribution in [0, 0.1) is 99.1 Å². The molecule has 0 radical (unpaired) electrons. The smallest absolute Gasteiger partial charge is 0.0101 e. The van der Waals surface area contributed by atoms with Crippen molar-refractivity contribution in [2.75, 3.05) is 0 Å². The highest BCUT2D eigenvalue weighted by molar-refractivity contribution is 5.08. The van der Waals surface area contributed by atoms with E-state index in [1.807, 2.05) is 0 Å². The van der Waals surface area contributed by atoms with Crippen molar-refractivity contribution in [3.8, 4) is 0 Å². The molecule has 0 saturated heterocycles. The van der Waals surface area contributed by atoms with Gasteiger partial charge in [0.25, 0.3) is 0 Å². The van der Waals surface area contributed by atoms with Gasteiger partial charge in [0.05, 0.1) is 0 Å². The van der Waals surface area contributed by atoms with Gasteiger partial charge in [0.1, 0.15) is 0 Å². The van der Waals surface area contributed by atoms with Gasteiger partial charge in [0, 0.05) is 12.1 Å². The van der Waals surface area contributed by atoms with Crippen molar-refractivity contribution in [2.45, 2.75) is 196 Å². The van der Waals surface area contributed by atoms with Crippen LogP contribution in [0.2, 0.25) is 0 Å². The molecule has 8 aliphatic carbocycles. The van der Waals surface area contributed by atoms with Crippen molar-refractivity contribution in [3.05, 3.63) is 0 Å². The van der Waals surface area contributed by atoms with Crippen LogP contribution in [0.1, 0.15) is 184 Å². The Morgan fingerprint density at radius 1 is 0.583 bits per heavy atom. The van der Waals surface area contributed by atoms with E-state index in [-0.39, 0.29) is 0 Å². The summed E-state index contributed by atoms with van der Waals surface area (Å²) in [5, 5.41) is 4.54. The van der Waals surface area contributed by atoms with Crippen molar-refractivity contribution in [1.29, 1.82) is 0 Å². The maximum atomic E-state index is 4.54. The lowest BCUT2D eigenvalue weighted by molar-refractivity contribution is -0.0695. The lowest BCUT2D eigenvalue weighted by atomic mass is 9.48. The average molecular weight is 660 g/mol. The summed E-state index contributed by atoms with van der Waals surface area (Å²) in [6, 6.07) is 1.64. The molecule has 1 nitrogen and oxygen atoms in total. The largest absolute Gasteiger partial charge is 0.311 e. The fourth-order valence-electron chi connectivity index (χ4n) is 17.1. The van der Waals surface area contributed by atoms with Crippen LogP contribution in [0.5, 0.6) is 0 Å². The standard InChI is InChI=1S/C47H81N/c1-29(2)34-22-21-32(26-41(34)45(3,4)27-30-23-38-37-13-9-10-16-39(37)47(7,8)42(38)24-30)36-15-12-18-44(36)48-43-17-11-14-35(43)31-19-20-33-28-46(5,6)40(33)25-31/h29-44,48H,9-28H2,1-8H3. The van der Waals surface area contributed by atoms with Gasteiger partial charge in [-0.1, -0.05) is 81.1 Å². The number of hydrogen-bond donors (Lipinski definition) is 1. The lowest BCUT2D eigenvalue weighted by Crippen LogP contribution is -2.51.